The summed E-state index contributed by atoms with van der Waals surface area (Å²) in [6.45, 7) is 0. The van der Waals surface area contributed by atoms with Crippen LogP contribution in [-0.4, -0.2) is 15.7 Å². The second-order valence-corrected chi connectivity index (χ2v) is 4.79. The summed E-state index contributed by atoms with van der Waals surface area (Å²) in [5.41, 5.74) is 2.02. The van der Waals surface area contributed by atoms with Crippen LogP contribution in [0.25, 0.3) is 17.3 Å². The molecule has 0 atom stereocenters. The molecule has 0 radical (unpaired) electrons. The Bertz CT molecular complexity index is 722. The van der Waals surface area contributed by atoms with Gasteiger partial charge in [-0.25, -0.2) is 9.98 Å². The van der Waals surface area contributed by atoms with Gasteiger partial charge in [0.2, 0.25) is 0 Å². The fourth-order valence-corrected chi connectivity index (χ4v) is 3.08. The van der Waals surface area contributed by atoms with Crippen LogP contribution < -0.4 is 10.6 Å². The molecule has 3 heterocycles. The van der Waals surface area contributed by atoms with E-state index < -0.39 is 0 Å². The quantitative estimate of drug-likeness (QED) is 0.578. The minimum absolute atomic E-state index is 0.746. The number of fused-ring (bicyclic) bond motifs is 5. The van der Waals surface area contributed by atoms with Crippen LogP contribution in [0.2, 0.25) is 0 Å². The minimum atomic E-state index is 0.746. The van der Waals surface area contributed by atoms with Gasteiger partial charge < -0.3 is 0 Å². The van der Waals surface area contributed by atoms with Crippen molar-refractivity contribution in [2.45, 2.75) is 4.90 Å². The van der Waals surface area contributed by atoms with Crippen LogP contribution in [0.3, 0.4) is 0 Å². The minimum Gasteiger partial charge on any atom is -0.251 e. The molecule has 0 aliphatic carbocycles. The SMILES string of the molecule is C1=c2c(ccc3c2=Nc2nccnc2-3)SC1. The second-order valence-electron chi connectivity index (χ2n) is 3.73. The first kappa shape index (κ1) is 8.47. The number of benzene rings is 1. The molecular formula is C12H7N3S. The average molecular weight is 225 g/mol. The zero-order valence-electron chi connectivity index (χ0n) is 8.34. The van der Waals surface area contributed by atoms with Gasteiger partial charge in [0.1, 0.15) is 5.69 Å². The first-order valence-corrected chi connectivity index (χ1v) is 6.08. The van der Waals surface area contributed by atoms with Crippen LogP contribution in [-0.2, 0) is 0 Å². The van der Waals surface area contributed by atoms with Crippen molar-refractivity contribution in [3.8, 4) is 11.3 Å². The van der Waals surface area contributed by atoms with Crippen LogP contribution in [0.15, 0.2) is 34.4 Å². The summed E-state index contributed by atoms with van der Waals surface area (Å²) >= 11 is 1.86. The number of hydrogen-bond acceptors (Lipinski definition) is 4. The Kier molecular flexibility index (Phi) is 1.54. The van der Waals surface area contributed by atoms with E-state index in [1.54, 1.807) is 12.4 Å². The highest BCUT2D eigenvalue weighted by Gasteiger charge is 2.18. The van der Waals surface area contributed by atoms with Gasteiger partial charge in [0, 0.05) is 33.8 Å². The van der Waals surface area contributed by atoms with Crippen molar-refractivity contribution < 1.29 is 0 Å². The largest absolute Gasteiger partial charge is 0.251 e. The predicted molar refractivity (Wildman–Crippen MR) is 63.1 cm³/mol. The summed E-state index contributed by atoms with van der Waals surface area (Å²) in [7, 11) is 0. The third-order valence-corrected chi connectivity index (χ3v) is 3.86. The van der Waals surface area contributed by atoms with E-state index >= 15 is 0 Å². The Balaban J connectivity index is 2.19. The number of thioether (sulfide) groups is 1. The van der Waals surface area contributed by atoms with Gasteiger partial charge in [0.15, 0.2) is 5.82 Å². The molecular weight excluding hydrogens is 218 g/mol. The molecule has 1 aromatic carbocycles. The Morgan fingerprint density at radius 2 is 2.06 bits per heavy atom. The fraction of sp³-hybridized carbons (Fsp3) is 0.0833. The maximum atomic E-state index is 4.57. The van der Waals surface area contributed by atoms with Crippen molar-refractivity contribution in [3.63, 3.8) is 0 Å². The summed E-state index contributed by atoms with van der Waals surface area (Å²) in [6.07, 6.45) is 5.64. The van der Waals surface area contributed by atoms with Crippen molar-refractivity contribution in [3.05, 3.63) is 35.1 Å². The van der Waals surface area contributed by atoms with Gasteiger partial charge in [-0.15, -0.1) is 11.8 Å². The molecule has 2 aliphatic rings. The number of nitrogens with zero attached hydrogens (tertiary/aromatic N) is 3. The Hall–Kier alpha value is -1.68. The molecule has 0 amide bonds. The van der Waals surface area contributed by atoms with Crippen LogP contribution in [0.1, 0.15) is 0 Å². The molecule has 4 heteroatoms. The molecule has 0 spiro atoms. The lowest BCUT2D eigenvalue weighted by molar-refractivity contribution is 1.19. The number of rotatable bonds is 0. The van der Waals surface area contributed by atoms with Crippen LogP contribution >= 0.6 is 11.8 Å². The first-order chi connectivity index (χ1) is 7.93. The topological polar surface area (TPSA) is 38.1 Å². The summed E-state index contributed by atoms with van der Waals surface area (Å²) in [5.74, 6) is 1.79. The molecule has 16 heavy (non-hydrogen) atoms. The van der Waals surface area contributed by atoms with Crippen molar-refractivity contribution in [1.82, 2.24) is 9.97 Å². The summed E-state index contributed by atoms with van der Waals surface area (Å²) < 4.78 is 0. The van der Waals surface area contributed by atoms with Gasteiger partial charge >= 0.3 is 0 Å². The molecule has 0 fully saturated rings. The third-order valence-electron chi connectivity index (χ3n) is 2.86. The summed E-state index contributed by atoms with van der Waals surface area (Å²) in [5, 5.41) is 2.30. The first-order valence-electron chi connectivity index (χ1n) is 5.09. The fourth-order valence-electron chi connectivity index (χ4n) is 2.15. The normalized spacial score (nSPS) is 14.8. The zero-order valence-corrected chi connectivity index (χ0v) is 9.16. The second kappa shape index (κ2) is 2.92. The van der Waals surface area contributed by atoms with E-state index in [0.29, 0.717) is 0 Å². The monoisotopic (exact) mass is 225 g/mol. The highest BCUT2D eigenvalue weighted by atomic mass is 32.2. The molecule has 76 valence electrons. The Labute approximate surface area is 96.0 Å². The standard InChI is InChI=1S/C12H7N3S/c1-2-9-7(3-6-16-9)10-8(1)11-12(15-10)14-5-4-13-11/h1-5H,6H2. The van der Waals surface area contributed by atoms with E-state index in [0.717, 1.165) is 28.2 Å². The molecule has 4 rings (SSSR count). The maximum Gasteiger partial charge on any atom is 0.179 e. The maximum absolute atomic E-state index is 4.57. The lowest BCUT2D eigenvalue weighted by atomic mass is 10.1. The lowest BCUT2D eigenvalue weighted by Gasteiger charge is -1.97. The molecule has 2 aromatic rings. The molecule has 0 unspecified atom stereocenters. The lowest BCUT2D eigenvalue weighted by Crippen LogP contribution is -2.25. The van der Waals surface area contributed by atoms with Gasteiger partial charge in [-0.1, -0.05) is 6.08 Å². The predicted octanol–water partition coefficient (Wildman–Crippen LogP) is 1.29. The highest BCUT2D eigenvalue weighted by molar-refractivity contribution is 7.99. The average Bonchev–Trinajstić information content (AvgIpc) is 2.92. The molecule has 1 aromatic heterocycles. The Morgan fingerprint density at radius 1 is 1.12 bits per heavy atom. The highest BCUT2D eigenvalue weighted by Crippen LogP contribution is 2.28. The van der Waals surface area contributed by atoms with Gasteiger partial charge in [0.25, 0.3) is 0 Å². The van der Waals surface area contributed by atoms with Gasteiger partial charge in [-0.3, -0.25) is 4.98 Å². The Morgan fingerprint density at radius 3 is 3.06 bits per heavy atom. The van der Waals surface area contributed by atoms with Gasteiger partial charge in [-0.2, -0.15) is 0 Å². The number of aromatic nitrogens is 2. The van der Waals surface area contributed by atoms with E-state index in [1.807, 2.05) is 11.8 Å². The van der Waals surface area contributed by atoms with Crippen LogP contribution in [0.4, 0.5) is 5.82 Å². The van der Waals surface area contributed by atoms with Crippen molar-refractivity contribution in [2.24, 2.45) is 4.99 Å². The van der Waals surface area contributed by atoms with Crippen molar-refractivity contribution in [1.29, 1.82) is 0 Å². The van der Waals surface area contributed by atoms with Crippen LogP contribution in [0.5, 0.6) is 0 Å². The van der Waals surface area contributed by atoms with Gasteiger partial charge in [0.05, 0.1) is 5.36 Å². The molecule has 0 saturated heterocycles. The smallest absolute Gasteiger partial charge is 0.179 e. The van der Waals surface area contributed by atoms with Crippen molar-refractivity contribution in [2.75, 3.05) is 5.75 Å². The van der Waals surface area contributed by atoms with Gasteiger partial charge in [-0.05, 0) is 12.1 Å². The van der Waals surface area contributed by atoms with Crippen LogP contribution in [0, 0.1) is 0 Å². The third kappa shape index (κ3) is 0.971. The molecule has 3 nitrogen and oxygen atoms in total. The molecule has 2 aliphatic heterocycles. The van der Waals surface area contributed by atoms with E-state index in [2.05, 4.69) is 33.2 Å². The van der Waals surface area contributed by atoms with E-state index in [4.69, 9.17) is 0 Å². The zero-order chi connectivity index (χ0) is 10.5. The number of hydrogen-bond donors (Lipinski definition) is 0. The van der Waals surface area contributed by atoms with E-state index in [-0.39, 0.29) is 0 Å². The van der Waals surface area contributed by atoms with E-state index in [1.165, 1.54) is 10.1 Å². The molecule has 0 N–H and O–H groups in total. The molecule has 0 bridgehead atoms. The molecule has 0 saturated carbocycles. The summed E-state index contributed by atoms with van der Waals surface area (Å²) in [6, 6.07) is 4.26. The summed E-state index contributed by atoms with van der Waals surface area (Å²) in [4.78, 5) is 14.5. The van der Waals surface area contributed by atoms with Crippen molar-refractivity contribution >= 4 is 23.7 Å². The van der Waals surface area contributed by atoms with E-state index in [9.17, 15) is 0 Å².